The van der Waals surface area contributed by atoms with Crippen LogP contribution in [-0.4, -0.2) is 39.5 Å². The molecule has 0 saturated heterocycles. The van der Waals surface area contributed by atoms with Gasteiger partial charge in [0.05, 0.1) is 7.11 Å². The smallest absolute Gasteiger partial charge is 0.191 e. The predicted molar refractivity (Wildman–Crippen MR) is 78.6 cm³/mol. The third kappa shape index (κ3) is 4.77. The monoisotopic (exact) mass is 346 g/mol. The summed E-state index contributed by atoms with van der Waals surface area (Å²) in [5.74, 6) is 1.01. The molecule has 0 fully saturated rings. The van der Waals surface area contributed by atoms with E-state index in [4.69, 9.17) is 18.9 Å². The lowest BCUT2D eigenvalue weighted by atomic mass is 10.2. The number of aldehydes is 1. The van der Waals surface area contributed by atoms with E-state index in [0.717, 1.165) is 6.29 Å². The number of ether oxygens (including phenoxy) is 4. The first kappa shape index (κ1) is 16.9. The van der Waals surface area contributed by atoms with Crippen molar-refractivity contribution in [2.75, 3.05) is 26.9 Å². The average Bonchev–Trinajstić information content (AvgIpc) is 2.45. The molecule has 0 heterocycles. The van der Waals surface area contributed by atoms with Crippen LogP contribution in [0.2, 0.25) is 0 Å². The highest BCUT2D eigenvalue weighted by molar-refractivity contribution is 9.10. The Morgan fingerprint density at radius 3 is 2.35 bits per heavy atom. The van der Waals surface area contributed by atoms with E-state index in [9.17, 15) is 4.79 Å². The zero-order valence-electron chi connectivity index (χ0n) is 11.8. The first-order valence-electron chi connectivity index (χ1n) is 6.34. The van der Waals surface area contributed by atoms with Crippen LogP contribution in [0.5, 0.6) is 11.5 Å². The molecule has 6 heteroatoms. The third-order valence-electron chi connectivity index (χ3n) is 2.49. The Kier molecular flexibility index (Phi) is 7.58. The van der Waals surface area contributed by atoms with Gasteiger partial charge < -0.3 is 18.9 Å². The van der Waals surface area contributed by atoms with Gasteiger partial charge in [-0.25, -0.2) is 0 Å². The van der Waals surface area contributed by atoms with E-state index in [1.807, 2.05) is 13.8 Å². The summed E-state index contributed by atoms with van der Waals surface area (Å²) in [5, 5.41) is 0. The molecule has 0 aliphatic carbocycles. The molecule has 20 heavy (non-hydrogen) atoms. The Bertz CT molecular complexity index is 430. The second kappa shape index (κ2) is 8.94. The number of hydrogen-bond acceptors (Lipinski definition) is 5. The van der Waals surface area contributed by atoms with Gasteiger partial charge in [-0.2, -0.15) is 0 Å². The minimum absolute atomic E-state index is 0.220. The van der Waals surface area contributed by atoms with Crippen molar-refractivity contribution >= 4 is 22.2 Å². The van der Waals surface area contributed by atoms with E-state index in [-0.39, 0.29) is 6.61 Å². The summed E-state index contributed by atoms with van der Waals surface area (Å²) in [4.78, 5) is 10.9. The average molecular weight is 347 g/mol. The van der Waals surface area contributed by atoms with E-state index >= 15 is 0 Å². The molecule has 0 aliphatic rings. The van der Waals surface area contributed by atoms with Gasteiger partial charge >= 0.3 is 0 Å². The van der Waals surface area contributed by atoms with Gasteiger partial charge in [-0.1, -0.05) is 0 Å². The van der Waals surface area contributed by atoms with Gasteiger partial charge in [0.15, 0.2) is 24.1 Å². The number of hydrogen-bond donors (Lipinski definition) is 0. The van der Waals surface area contributed by atoms with Crippen molar-refractivity contribution in [3.05, 3.63) is 22.2 Å². The normalized spacial score (nSPS) is 10.7. The fourth-order valence-electron chi connectivity index (χ4n) is 1.59. The van der Waals surface area contributed by atoms with Crippen LogP contribution in [0.15, 0.2) is 16.6 Å². The van der Waals surface area contributed by atoms with Gasteiger partial charge in [0.1, 0.15) is 6.61 Å². The molecule has 0 unspecified atom stereocenters. The Hall–Kier alpha value is -1.11. The van der Waals surface area contributed by atoms with Crippen molar-refractivity contribution in [2.24, 2.45) is 0 Å². The molecule has 0 saturated carbocycles. The Morgan fingerprint density at radius 2 is 1.85 bits per heavy atom. The van der Waals surface area contributed by atoms with Crippen LogP contribution < -0.4 is 9.47 Å². The topological polar surface area (TPSA) is 54.0 Å². The highest BCUT2D eigenvalue weighted by atomic mass is 79.9. The Labute approximate surface area is 127 Å². The molecule has 1 aromatic carbocycles. The summed E-state index contributed by atoms with van der Waals surface area (Å²) >= 11 is 3.30. The number of rotatable bonds is 9. The first-order valence-corrected chi connectivity index (χ1v) is 7.14. The largest absolute Gasteiger partial charge is 0.493 e. The molecule has 1 aromatic rings. The Balaban J connectivity index is 2.81. The highest BCUT2D eigenvalue weighted by Gasteiger charge is 2.14. The number of carbonyl (C=O) groups excluding carboxylic acids is 1. The van der Waals surface area contributed by atoms with Crippen molar-refractivity contribution in [3.63, 3.8) is 0 Å². The molecule has 0 radical (unpaired) electrons. The quantitative estimate of drug-likeness (QED) is 0.508. The second-order valence-electron chi connectivity index (χ2n) is 3.79. The van der Waals surface area contributed by atoms with Crippen molar-refractivity contribution in [3.8, 4) is 11.5 Å². The van der Waals surface area contributed by atoms with Crippen LogP contribution in [0.25, 0.3) is 0 Å². The lowest BCUT2D eigenvalue weighted by molar-refractivity contribution is -0.152. The maximum absolute atomic E-state index is 10.9. The molecule has 0 bridgehead atoms. The predicted octanol–water partition coefficient (Wildman–Crippen LogP) is 3.05. The summed E-state index contributed by atoms with van der Waals surface area (Å²) in [6.07, 6.45) is 0.303. The highest BCUT2D eigenvalue weighted by Crippen LogP contribution is 2.33. The fraction of sp³-hybridized carbons (Fsp3) is 0.500. The summed E-state index contributed by atoms with van der Waals surface area (Å²) in [6, 6.07) is 3.31. The van der Waals surface area contributed by atoms with E-state index < -0.39 is 6.29 Å². The van der Waals surface area contributed by atoms with Gasteiger partial charge in [0.25, 0.3) is 0 Å². The van der Waals surface area contributed by atoms with Gasteiger partial charge in [-0.15, -0.1) is 0 Å². The van der Waals surface area contributed by atoms with E-state index in [2.05, 4.69) is 15.9 Å². The van der Waals surface area contributed by atoms with E-state index in [1.54, 1.807) is 12.1 Å². The van der Waals surface area contributed by atoms with Gasteiger partial charge in [-0.05, 0) is 41.9 Å². The van der Waals surface area contributed by atoms with Gasteiger partial charge in [-0.3, -0.25) is 4.79 Å². The number of halogens is 1. The summed E-state index contributed by atoms with van der Waals surface area (Å²) in [7, 11) is 1.54. The van der Waals surface area contributed by atoms with Crippen LogP contribution in [0.3, 0.4) is 0 Å². The molecule has 5 nitrogen and oxygen atoms in total. The van der Waals surface area contributed by atoms with Crippen molar-refractivity contribution < 1.29 is 23.7 Å². The molecular formula is C14H19BrO5. The molecule has 0 aliphatic heterocycles. The standard InChI is InChI=1S/C14H19BrO5/c1-4-18-14(19-5-2)9-20-13-6-10(8-16)11(15)7-12(13)17-3/h6-8,14H,4-5,9H2,1-3H3. The maximum Gasteiger partial charge on any atom is 0.191 e. The van der Waals surface area contributed by atoms with Crippen LogP contribution in [-0.2, 0) is 9.47 Å². The summed E-state index contributed by atoms with van der Waals surface area (Å²) < 4.78 is 22.3. The molecule has 112 valence electrons. The van der Waals surface area contributed by atoms with Gasteiger partial charge in [0, 0.05) is 23.2 Å². The van der Waals surface area contributed by atoms with Crippen LogP contribution >= 0.6 is 15.9 Å². The fourth-order valence-corrected chi connectivity index (χ4v) is 2.00. The van der Waals surface area contributed by atoms with Crippen molar-refractivity contribution in [1.82, 2.24) is 0 Å². The zero-order chi connectivity index (χ0) is 15.0. The van der Waals surface area contributed by atoms with Crippen LogP contribution in [0.1, 0.15) is 24.2 Å². The lowest BCUT2D eigenvalue weighted by Gasteiger charge is -2.19. The first-order chi connectivity index (χ1) is 9.65. The van der Waals surface area contributed by atoms with Crippen molar-refractivity contribution in [1.29, 1.82) is 0 Å². The Morgan fingerprint density at radius 1 is 1.20 bits per heavy atom. The number of methoxy groups -OCH3 is 1. The maximum atomic E-state index is 10.9. The molecule has 0 atom stereocenters. The minimum atomic E-state index is -0.446. The van der Waals surface area contributed by atoms with E-state index in [1.165, 1.54) is 7.11 Å². The zero-order valence-corrected chi connectivity index (χ0v) is 13.4. The lowest BCUT2D eigenvalue weighted by Crippen LogP contribution is -2.25. The van der Waals surface area contributed by atoms with E-state index in [0.29, 0.717) is 34.7 Å². The third-order valence-corrected chi connectivity index (χ3v) is 3.18. The molecule has 0 spiro atoms. The molecule has 1 rings (SSSR count). The molecule has 0 amide bonds. The molecule has 0 aromatic heterocycles. The summed E-state index contributed by atoms with van der Waals surface area (Å²) in [5.41, 5.74) is 0.491. The number of carbonyl (C=O) groups is 1. The molecule has 0 N–H and O–H groups in total. The number of benzene rings is 1. The SMILES string of the molecule is CCOC(COc1cc(C=O)c(Br)cc1OC)OCC. The minimum Gasteiger partial charge on any atom is -0.493 e. The van der Waals surface area contributed by atoms with Crippen LogP contribution in [0.4, 0.5) is 0 Å². The van der Waals surface area contributed by atoms with Gasteiger partial charge in [0.2, 0.25) is 0 Å². The van der Waals surface area contributed by atoms with Crippen LogP contribution in [0, 0.1) is 0 Å². The second-order valence-corrected chi connectivity index (χ2v) is 4.65. The van der Waals surface area contributed by atoms with Crippen molar-refractivity contribution in [2.45, 2.75) is 20.1 Å². The molecular weight excluding hydrogens is 328 g/mol. The summed E-state index contributed by atoms with van der Waals surface area (Å²) in [6.45, 7) is 5.06.